The molecular formula is C20H22ClNO. The molecule has 3 aromatic rings. The first kappa shape index (κ1) is 15.9. The maximum atomic E-state index is 6.02. The van der Waals surface area contributed by atoms with Crippen LogP contribution < -0.4 is 4.74 Å². The fourth-order valence-electron chi connectivity index (χ4n) is 2.68. The van der Waals surface area contributed by atoms with Gasteiger partial charge in [0.25, 0.3) is 0 Å². The lowest BCUT2D eigenvalue weighted by Gasteiger charge is -2.19. The van der Waals surface area contributed by atoms with Crippen LogP contribution in [-0.4, -0.2) is 11.2 Å². The van der Waals surface area contributed by atoms with E-state index in [0.29, 0.717) is 6.61 Å². The molecule has 2 nitrogen and oxygen atoms in total. The third kappa shape index (κ3) is 3.70. The molecule has 0 saturated heterocycles. The molecule has 23 heavy (non-hydrogen) atoms. The summed E-state index contributed by atoms with van der Waals surface area (Å²) in [6.45, 7) is 8.10. The molecule has 3 rings (SSSR count). The number of ether oxygens (including phenoxy) is 1. The SMILES string of the molecule is CC(C)(C)c1ccc(OCCn2ccc3cc(Cl)ccc32)cc1. The van der Waals surface area contributed by atoms with Crippen molar-refractivity contribution >= 4 is 22.5 Å². The Labute approximate surface area is 142 Å². The van der Waals surface area contributed by atoms with Gasteiger partial charge in [0.2, 0.25) is 0 Å². The molecule has 0 aliphatic rings. The Hall–Kier alpha value is -1.93. The van der Waals surface area contributed by atoms with Crippen LogP contribution in [0.5, 0.6) is 5.75 Å². The summed E-state index contributed by atoms with van der Waals surface area (Å²) in [6, 6.07) is 16.4. The van der Waals surface area contributed by atoms with Crippen LogP contribution in [0, 0.1) is 0 Å². The standard InChI is InChI=1S/C20H22ClNO/c1-20(2,3)16-4-7-18(8-5-16)23-13-12-22-11-10-15-14-17(21)6-9-19(15)22/h4-11,14H,12-13H2,1-3H3. The van der Waals surface area contributed by atoms with Crippen molar-refractivity contribution in [3.05, 3.63) is 65.3 Å². The number of fused-ring (bicyclic) bond motifs is 1. The highest BCUT2D eigenvalue weighted by atomic mass is 35.5. The number of hydrogen-bond acceptors (Lipinski definition) is 1. The van der Waals surface area contributed by atoms with Gasteiger partial charge in [0.05, 0.1) is 6.54 Å². The van der Waals surface area contributed by atoms with E-state index in [0.717, 1.165) is 22.7 Å². The number of aromatic nitrogens is 1. The molecule has 0 spiro atoms. The molecule has 3 heteroatoms. The maximum absolute atomic E-state index is 6.02. The molecule has 0 atom stereocenters. The predicted molar refractivity (Wildman–Crippen MR) is 97.6 cm³/mol. The van der Waals surface area contributed by atoms with Crippen molar-refractivity contribution in [2.75, 3.05) is 6.61 Å². The summed E-state index contributed by atoms with van der Waals surface area (Å²) in [6.07, 6.45) is 2.08. The number of hydrogen-bond donors (Lipinski definition) is 0. The molecule has 0 fully saturated rings. The van der Waals surface area contributed by atoms with Crippen LogP contribution in [0.3, 0.4) is 0 Å². The largest absolute Gasteiger partial charge is 0.492 e. The minimum Gasteiger partial charge on any atom is -0.492 e. The summed E-state index contributed by atoms with van der Waals surface area (Å²) in [5.74, 6) is 0.914. The summed E-state index contributed by atoms with van der Waals surface area (Å²) >= 11 is 6.02. The van der Waals surface area contributed by atoms with Gasteiger partial charge in [0.1, 0.15) is 12.4 Å². The Kier molecular flexibility index (Phi) is 4.36. The Balaban J connectivity index is 1.62. The lowest BCUT2D eigenvalue weighted by molar-refractivity contribution is 0.300. The second-order valence-electron chi connectivity index (χ2n) is 6.84. The average Bonchev–Trinajstić information content (AvgIpc) is 2.89. The number of rotatable bonds is 4. The third-order valence-electron chi connectivity index (χ3n) is 4.05. The fourth-order valence-corrected chi connectivity index (χ4v) is 2.86. The molecule has 0 N–H and O–H groups in total. The van der Waals surface area contributed by atoms with Crippen LogP contribution >= 0.6 is 11.6 Å². The summed E-state index contributed by atoms with van der Waals surface area (Å²) in [7, 11) is 0. The van der Waals surface area contributed by atoms with Gasteiger partial charge in [-0.05, 0) is 47.4 Å². The molecule has 0 unspecified atom stereocenters. The van der Waals surface area contributed by atoms with E-state index in [2.05, 4.69) is 55.8 Å². The van der Waals surface area contributed by atoms with Gasteiger partial charge in [0, 0.05) is 22.1 Å². The Morgan fingerprint density at radius 3 is 2.43 bits per heavy atom. The van der Waals surface area contributed by atoms with Crippen molar-refractivity contribution in [2.24, 2.45) is 0 Å². The number of halogens is 1. The van der Waals surface area contributed by atoms with Gasteiger partial charge in [-0.1, -0.05) is 44.5 Å². The van der Waals surface area contributed by atoms with Gasteiger partial charge in [-0.2, -0.15) is 0 Å². The van der Waals surface area contributed by atoms with Gasteiger partial charge in [-0.15, -0.1) is 0 Å². The summed E-state index contributed by atoms with van der Waals surface area (Å²) in [5, 5.41) is 1.93. The van der Waals surface area contributed by atoms with Crippen LogP contribution in [0.25, 0.3) is 10.9 Å². The summed E-state index contributed by atoms with van der Waals surface area (Å²) < 4.78 is 8.06. The monoisotopic (exact) mass is 327 g/mol. The zero-order valence-electron chi connectivity index (χ0n) is 13.8. The van der Waals surface area contributed by atoms with Crippen LogP contribution in [0.1, 0.15) is 26.3 Å². The number of benzene rings is 2. The van der Waals surface area contributed by atoms with E-state index in [-0.39, 0.29) is 5.41 Å². The molecule has 1 aromatic heterocycles. The number of nitrogens with zero attached hydrogens (tertiary/aromatic N) is 1. The van der Waals surface area contributed by atoms with Gasteiger partial charge >= 0.3 is 0 Å². The highest BCUT2D eigenvalue weighted by molar-refractivity contribution is 6.31. The quantitative estimate of drug-likeness (QED) is 0.602. The second kappa shape index (κ2) is 6.29. The first-order chi connectivity index (χ1) is 10.9. The lowest BCUT2D eigenvalue weighted by atomic mass is 9.87. The maximum Gasteiger partial charge on any atom is 0.119 e. The Morgan fingerprint density at radius 1 is 1.00 bits per heavy atom. The molecule has 1 heterocycles. The molecule has 0 amide bonds. The van der Waals surface area contributed by atoms with Crippen LogP contribution in [0.4, 0.5) is 0 Å². The first-order valence-corrected chi connectivity index (χ1v) is 8.29. The van der Waals surface area contributed by atoms with E-state index in [1.54, 1.807) is 0 Å². The van der Waals surface area contributed by atoms with Crippen molar-refractivity contribution in [1.82, 2.24) is 4.57 Å². The van der Waals surface area contributed by atoms with Crippen molar-refractivity contribution in [3.63, 3.8) is 0 Å². The molecule has 0 aliphatic carbocycles. The minimum atomic E-state index is 0.170. The smallest absolute Gasteiger partial charge is 0.119 e. The average molecular weight is 328 g/mol. The molecule has 120 valence electrons. The van der Waals surface area contributed by atoms with E-state index < -0.39 is 0 Å². The van der Waals surface area contributed by atoms with E-state index in [1.807, 2.05) is 24.3 Å². The van der Waals surface area contributed by atoms with Gasteiger partial charge in [0.15, 0.2) is 0 Å². The van der Waals surface area contributed by atoms with Gasteiger partial charge in [-0.25, -0.2) is 0 Å². The van der Waals surface area contributed by atoms with Crippen molar-refractivity contribution in [1.29, 1.82) is 0 Å². The van der Waals surface area contributed by atoms with Crippen molar-refractivity contribution in [3.8, 4) is 5.75 Å². The molecule has 0 radical (unpaired) electrons. The molecule has 0 saturated carbocycles. The van der Waals surface area contributed by atoms with Gasteiger partial charge < -0.3 is 9.30 Å². The van der Waals surface area contributed by atoms with Gasteiger partial charge in [-0.3, -0.25) is 0 Å². The van der Waals surface area contributed by atoms with E-state index in [9.17, 15) is 0 Å². The molecular weight excluding hydrogens is 306 g/mol. The van der Waals surface area contributed by atoms with Crippen molar-refractivity contribution < 1.29 is 4.74 Å². The summed E-state index contributed by atoms with van der Waals surface area (Å²) in [5.41, 5.74) is 2.67. The molecule has 0 bridgehead atoms. The lowest BCUT2D eigenvalue weighted by Crippen LogP contribution is -2.11. The molecule has 2 aromatic carbocycles. The Bertz CT molecular complexity index is 797. The second-order valence-corrected chi connectivity index (χ2v) is 7.27. The summed E-state index contributed by atoms with van der Waals surface area (Å²) in [4.78, 5) is 0. The van der Waals surface area contributed by atoms with E-state index >= 15 is 0 Å². The molecule has 0 aliphatic heterocycles. The van der Waals surface area contributed by atoms with E-state index in [1.165, 1.54) is 11.1 Å². The fraction of sp³-hybridized carbons (Fsp3) is 0.300. The zero-order chi connectivity index (χ0) is 16.4. The minimum absolute atomic E-state index is 0.170. The van der Waals surface area contributed by atoms with Crippen LogP contribution in [0.2, 0.25) is 5.02 Å². The third-order valence-corrected chi connectivity index (χ3v) is 4.29. The van der Waals surface area contributed by atoms with Crippen molar-refractivity contribution in [2.45, 2.75) is 32.7 Å². The first-order valence-electron chi connectivity index (χ1n) is 7.91. The predicted octanol–water partition coefficient (Wildman–Crippen LogP) is 5.67. The highest BCUT2D eigenvalue weighted by Gasteiger charge is 2.12. The normalized spacial score (nSPS) is 11.8. The highest BCUT2D eigenvalue weighted by Crippen LogP contribution is 2.24. The Morgan fingerprint density at radius 2 is 1.74 bits per heavy atom. The topological polar surface area (TPSA) is 14.2 Å². The zero-order valence-corrected chi connectivity index (χ0v) is 14.6. The van der Waals surface area contributed by atoms with Crippen LogP contribution in [-0.2, 0) is 12.0 Å². The van der Waals surface area contributed by atoms with Crippen LogP contribution in [0.15, 0.2) is 54.7 Å². The van der Waals surface area contributed by atoms with E-state index in [4.69, 9.17) is 16.3 Å².